The van der Waals surface area contributed by atoms with Crippen LogP contribution in [0.25, 0.3) is 11.3 Å². The number of aromatic nitrogens is 2. The van der Waals surface area contributed by atoms with Crippen molar-refractivity contribution in [1.29, 1.82) is 0 Å². The molecule has 1 aromatic heterocycles. The van der Waals surface area contributed by atoms with Crippen LogP contribution in [0.5, 0.6) is 5.75 Å². The van der Waals surface area contributed by atoms with Crippen molar-refractivity contribution in [2.45, 2.75) is 6.61 Å². The molecule has 0 spiro atoms. The van der Waals surface area contributed by atoms with Gasteiger partial charge >= 0.3 is 0 Å². The minimum atomic E-state index is 0.361. The lowest BCUT2D eigenvalue weighted by Crippen LogP contribution is -1.99. The fourth-order valence-corrected chi connectivity index (χ4v) is 2.15. The van der Waals surface area contributed by atoms with Crippen LogP contribution in [0.4, 0.5) is 0 Å². The van der Waals surface area contributed by atoms with E-state index in [2.05, 4.69) is 9.97 Å². The van der Waals surface area contributed by atoms with Gasteiger partial charge in [-0.2, -0.15) is 0 Å². The van der Waals surface area contributed by atoms with Gasteiger partial charge in [0.1, 0.15) is 22.8 Å². The van der Waals surface area contributed by atoms with Crippen molar-refractivity contribution in [2.75, 3.05) is 14.2 Å². The molecule has 0 saturated carbocycles. The Balaban J connectivity index is 2.57. The molecule has 2 rings (SSSR count). The fourth-order valence-electron chi connectivity index (χ4n) is 1.75. The molecule has 1 N–H and O–H groups in total. The zero-order valence-electron chi connectivity index (χ0n) is 10.6. The van der Waals surface area contributed by atoms with Gasteiger partial charge in [0, 0.05) is 17.7 Å². The van der Waals surface area contributed by atoms with Gasteiger partial charge in [-0.1, -0.05) is 23.8 Å². The van der Waals surface area contributed by atoms with Crippen LogP contribution in [0.15, 0.2) is 24.3 Å². The Labute approximate surface area is 121 Å². The molecule has 1 heterocycles. The molecule has 0 aliphatic heterocycles. The second kappa shape index (κ2) is 6.14. The molecular formula is C13H13ClN2O2S. The summed E-state index contributed by atoms with van der Waals surface area (Å²) in [5.74, 6) is 1.37. The zero-order valence-corrected chi connectivity index (χ0v) is 12.1. The molecule has 0 bridgehead atoms. The minimum absolute atomic E-state index is 0.361. The van der Waals surface area contributed by atoms with Crippen LogP contribution < -0.4 is 4.74 Å². The first-order chi connectivity index (χ1) is 9.13. The minimum Gasteiger partial charge on any atom is -0.496 e. The monoisotopic (exact) mass is 296 g/mol. The average Bonchev–Trinajstić information content (AvgIpc) is 2.38. The molecule has 0 aliphatic carbocycles. The fraction of sp³-hybridized carbons (Fsp3) is 0.231. The third-order valence-electron chi connectivity index (χ3n) is 2.52. The van der Waals surface area contributed by atoms with Crippen molar-refractivity contribution < 1.29 is 9.47 Å². The summed E-state index contributed by atoms with van der Waals surface area (Å²) in [6.45, 7) is 0.361. The lowest BCUT2D eigenvalue weighted by atomic mass is 10.1. The van der Waals surface area contributed by atoms with Gasteiger partial charge in [-0.05, 0) is 24.3 Å². The first kappa shape index (κ1) is 14.0. The number of aromatic amines is 1. The maximum absolute atomic E-state index is 6.03. The van der Waals surface area contributed by atoms with Gasteiger partial charge in [0.15, 0.2) is 0 Å². The van der Waals surface area contributed by atoms with Gasteiger partial charge in [0.2, 0.25) is 0 Å². The second-order valence-electron chi connectivity index (χ2n) is 3.86. The van der Waals surface area contributed by atoms with Crippen LogP contribution >= 0.6 is 23.8 Å². The molecule has 1 aromatic carbocycles. The van der Waals surface area contributed by atoms with Gasteiger partial charge in [0.25, 0.3) is 0 Å². The number of nitrogens with one attached hydrogen (secondary N) is 1. The number of nitrogens with zero attached hydrogens (tertiary/aromatic N) is 1. The summed E-state index contributed by atoms with van der Waals surface area (Å²) in [4.78, 5) is 7.35. The average molecular weight is 297 g/mol. The van der Waals surface area contributed by atoms with Gasteiger partial charge in [-0.3, -0.25) is 0 Å². The summed E-state index contributed by atoms with van der Waals surface area (Å²) >= 11 is 11.2. The first-order valence-corrected chi connectivity index (χ1v) is 6.35. The second-order valence-corrected chi connectivity index (χ2v) is 4.71. The lowest BCUT2D eigenvalue weighted by Gasteiger charge is -2.10. The quantitative estimate of drug-likeness (QED) is 0.876. The summed E-state index contributed by atoms with van der Waals surface area (Å²) in [5, 5.41) is 0.625. The van der Waals surface area contributed by atoms with Crippen molar-refractivity contribution in [1.82, 2.24) is 9.97 Å². The van der Waals surface area contributed by atoms with E-state index in [1.807, 2.05) is 12.1 Å². The van der Waals surface area contributed by atoms with Crippen LogP contribution in [0.2, 0.25) is 5.02 Å². The van der Waals surface area contributed by atoms with E-state index in [0.717, 1.165) is 11.3 Å². The van der Waals surface area contributed by atoms with Crippen molar-refractivity contribution in [2.24, 2.45) is 0 Å². The molecule has 0 atom stereocenters. The number of methoxy groups -OCH3 is 2. The normalized spacial score (nSPS) is 10.5. The third-order valence-corrected chi connectivity index (χ3v) is 2.97. The molecular weight excluding hydrogens is 284 g/mol. The zero-order chi connectivity index (χ0) is 13.8. The van der Waals surface area contributed by atoms with Crippen LogP contribution in [0, 0.1) is 4.64 Å². The molecule has 4 nitrogen and oxygen atoms in total. The molecule has 0 fully saturated rings. The summed E-state index contributed by atoms with van der Waals surface area (Å²) in [6.07, 6.45) is 0. The Hall–Kier alpha value is -1.43. The Morgan fingerprint density at radius 2 is 2.11 bits per heavy atom. The molecule has 19 heavy (non-hydrogen) atoms. The Kier molecular flexibility index (Phi) is 4.52. The van der Waals surface area contributed by atoms with E-state index in [9.17, 15) is 0 Å². The Bertz CT molecular complexity index is 643. The van der Waals surface area contributed by atoms with Crippen LogP contribution in [0.1, 0.15) is 5.82 Å². The highest BCUT2D eigenvalue weighted by atomic mass is 35.5. The van der Waals surface area contributed by atoms with E-state index in [0.29, 0.717) is 27.8 Å². The Morgan fingerprint density at radius 1 is 1.32 bits per heavy atom. The summed E-state index contributed by atoms with van der Waals surface area (Å²) < 4.78 is 10.9. The van der Waals surface area contributed by atoms with E-state index >= 15 is 0 Å². The Morgan fingerprint density at radius 3 is 2.79 bits per heavy atom. The predicted molar refractivity (Wildman–Crippen MR) is 77.1 cm³/mol. The van der Waals surface area contributed by atoms with Crippen molar-refractivity contribution >= 4 is 23.8 Å². The molecule has 0 saturated heterocycles. The summed E-state index contributed by atoms with van der Waals surface area (Å²) in [6, 6.07) is 7.17. The van der Waals surface area contributed by atoms with Crippen molar-refractivity contribution in [3.63, 3.8) is 0 Å². The highest BCUT2D eigenvalue weighted by Gasteiger charge is 2.09. The topological polar surface area (TPSA) is 47.1 Å². The standard InChI is InChI=1S/C13H13ClN2O2S/c1-17-7-12-15-10(6-13(19)16-12)9-5-8(14)3-4-11(9)18-2/h3-6H,7H2,1-2H3,(H,15,16,19). The smallest absolute Gasteiger partial charge is 0.134 e. The number of rotatable bonds is 4. The highest BCUT2D eigenvalue weighted by Crippen LogP contribution is 2.31. The maximum Gasteiger partial charge on any atom is 0.134 e. The molecule has 100 valence electrons. The van der Waals surface area contributed by atoms with Gasteiger partial charge in [-0.25, -0.2) is 4.98 Å². The predicted octanol–water partition coefficient (Wildman–Crippen LogP) is 3.61. The molecule has 0 aliphatic rings. The van der Waals surface area contributed by atoms with Gasteiger partial charge in [-0.15, -0.1) is 0 Å². The van der Waals surface area contributed by atoms with Gasteiger partial charge < -0.3 is 14.5 Å². The molecule has 6 heteroatoms. The molecule has 0 amide bonds. The third kappa shape index (κ3) is 3.32. The summed E-state index contributed by atoms with van der Waals surface area (Å²) in [7, 11) is 3.21. The van der Waals surface area contributed by atoms with E-state index in [-0.39, 0.29) is 0 Å². The van der Waals surface area contributed by atoms with Gasteiger partial charge in [0.05, 0.1) is 12.8 Å². The molecule has 0 unspecified atom stereocenters. The number of H-pyrrole nitrogens is 1. The summed E-state index contributed by atoms with van der Waals surface area (Å²) in [5.41, 5.74) is 1.63. The highest BCUT2D eigenvalue weighted by molar-refractivity contribution is 7.71. The van der Waals surface area contributed by atoms with Crippen LogP contribution in [-0.2, 0) is 11.3 Å². The molecule has 2 aromatic rings. The van der Waals surface area contributed by atoms with E-state index in [1.54, 1.807) is 26.4 Å². The number of halogens is 1. The number of hydrogen-bond donors (Lipinski definition) is 1. The van der Waals surface area contributed by atoms with Crippen molar-refractivity contribution in [3.05, 3.63) is 39.8 Å². The molecule has 0 radical (unpaired) electrons. The first-order valence-electron chi connectivity index (χ1n) is 5.57. The number of ether oxygens (including phenoxy) is 2. The largest absolute Gasteiger partial charge is 0.496 e. The lowest BCUT2D eigenvalue weighted by molar-refractivity contribution is 0.177. The van der Waals surface area contributed by atoms with Crippen LogP contribution in [-0.4, -0.2) is 24.2 Å². The SMILES string of the molecule is COCc1nc(=S)cc(-c2cc(Cl)ccc2OC)[nH]1. The van der Waals surface area contributed by atoms with E-state index < -0.39 is 0 Å². The maximum atomic E-state index is 6.03. The van der Waals surface area contributed by atoms with E-state index in [1.165, 1.54) is 0 Å². The van der Waals surface area contributed by atoms with Crippen molar-refractivity contribution in [3.8, 4) is 17.0 Å². The number of benzene rings is 1. The van der Waals surface area contributed by atoms with Crippen LogP contribution in [0.3, 0.4) is 0 Å². The van der Waals surface area contributed by atoms with E-state index in [4.69, 9.17) is 33.3 Å². The number of hydrogen-bond acceptors (Lipinski definition) is 4.